The summed E-state index contributed by atoms with van der Waals surface area (Å²) < 4.78 is 11.2. The number of ether oxygens (including phenoxy) is 1. The number of aryl methyl sites for hydroxylation is 1. The maximum absolute atomic E-state index is 13.0. The van der Waals surface area contributed by atoms with Crippen molar-refractivity contribution < 1.29 is 13.9 Å². The van der Waals surface area contributed by atoms with Crippen LogP contribution in [-0.4, -0.2) is 37.6 Å². The third kappa shape index (κ3) is 4.89. The maximum Gasteiger partial charge on any atom is 0.287 e. The van der Waals surface area contributed by atoms with Gasteiger partial charge in [0.1, 0.15) is 11.3 Å². The lowest BCUT2D eigenvalue weighted by Gasteiger charge is -2.31. The summed E-state index contributed by atoms with van der Waals surface area (Å²) in [5.41, 5.74) is 2.66. The van der Waals surface area contributed by atoms with Crippen molar-refractivity contribution in [3.05, 3.63) is 64.4 Å². The maximum atomic E-state index is 13.0. The Hall–Kier alpha value is -2.50. The first kappa shape index (κ1) is 21.7. The fourth-order valence-corrected chi connectivity index (χ4v) is 4.54. The van der Waals surface area contributed by atoms with Crippen molar-refractivity contribution in [2.75, 3.05) is 26.7 Å². The van der Waals surface area contributed by atoms with Gasteiger partial charge in [0.05, 0.1) is 13.2 Å². The molecular formula is C25H29ClN2O3. The Bertz CT molecular complexity index is 1040. The summed E-state index contributed by atoms with van der Waals surface area (Å²) in [6.45, 7) is 4.48. The van der Waals surface area contributed by atoms with Crippen molar-refractivity contribution in [1.82, 2.24) is 10.2 Å². The van der Waals surface area contributed by atoms with Gasteiger partial charge in [0.15, 0.2) is 5.76 Å². The summed E-state index contributed by atoms with van der Waals surface area (Å²) >= 11 is 6.11. The molecule has 1 amide bonds. The average Bonchev–Trinajstić information content (AvgIpc) is 2.95. The molecule has 2 heterocycles. The summed E-state index contributed by atoms with van der Waals surface area (Å²) in [7, 11) is 1.67. The van der Waals surface area contributed by atoms with Gasteiger partial charge in [0, 0.05) is 22.5 Å². The largest absolute Gasteiger partial charge is 0.497 e. The molecule has 1 fully saturated rings. The second kappa shape index (κ2) is 9.75. The number of fused-ring (bicyclic) bond motifs is 1. The minimum Gasteiger partial charge on any atom is -0.497 e. The van der Waals surface area contributed by atoms with Crippen LogP contribution >= 0.6 is 11.6 Å². The van der Waals surface area contributed by atoms with E-state index in [0.29, 0.717) is 22.9 Å². The zero-order chi connectivity index (χ0) is 21.8. The molecule has 31 heavy (non-hydrogen) atoms. The van der Waals surface area contributed by atoms with Gasteiger partial charge >= 0.3 is 0 Å². The highest BCUT2D eigenvalue weighted by atomic mass is 35.5. The fraction of sp³-hybridized carbons (Fsp3) is 0.400. The second-order valence-corrected chi connectivity index (χ2v) is 8.58. The number of hydrogen-bond acceptors (Lipinski definition) is 4. The predicted octanol–water partition coefficient (Wildman–Crippen LogP) is 5.75. The zero-order valence-corrected chi connectivity index (χ0v) is 18.9. The molecule has 0 spiro atoms. The molecule has 1 saturated heterocycles. The first-order valence-electron chi connectivity index (χ1n) is 10.9. The average molecular weight is 441 g/mol. The third-order valence-corrected chi connectivity index (χ3v) is 6.38. The van der Waals surface area contributed by atoms with Crippen molar-refractivity contribution >= 4 is 28.5 Å². The topological polar surface area (TPSA) is 54.7 Å². The molecule has 0 saturated carbocycles. The lowest BCUT2D eigenvalue weighted by Crippen LogP contribution is -2.38. The minimum absolute atomic E-state index is 0.104. The van der Waals surface area contributed by atoms with Crippen LogP contribution in [0.1, 0.15) is 53.4 Å². The van der Waals surface area contributed by atoms with E-state index in [2.05, 4.69) is 22.3 Å². The van der Waals surface area contributed by atoms with E-state index >= 15 is 0 Å². The summed E-state index contributed by atoms with van der Waals surface area (Å²) in [6, 6.07) is 13.7. The number of halogens is 1. The molecule has 3 aromatic rings. The van der Waals surface area contributed by atoms with E-state index in [1.54, 1.807) is 19.2 Å². The van der Waals surface area contributed by atoms with Crippen LogP contribution in [0.4, 0.5) is 0 Å². The van der Waals surface area contributed by atoms with Gasteiger partial charge in [-0.3, -0.25) is 9.69 Å². The van der Waals surface area contributed by atoms with Gasteiger partial charge in [-0.2, -0.15) is 0 Å². The molecule has 5 nitrogen and oxygen atoms in total. The van der Waals surface area contributed by atoms with Crippen molar-refractivity contribution in [2.24, 2.45) is 0 Å². The number of methoxy groups -OCH3 is 1. The van der Waals surface area contributed by atoms with Crippen LogP contribution in [0.3, 0.4) is 0 Å². The van der Waals surface area contributed by atoms with Crippen molar-refractivity contribution in [2.45, 2.75) is 38.6 Å². The fourth-order valence-electron chi connectivity index (χ4n) is 4.37. The molecular weight excluding hydrogens is 412 g/mol. The molecule has 1 unspecified atom stereocenters. The van der Waals surface area contributed by atoms with Crippen LogP contribution < -0.4 is 10.1 Å². The van der Waals surface area contributed by atoms with E-state index in [-0.39, 0.29) is 11.9 Å². The van der Waals surface area contributed by atoms with Crippen LogP contribution in [-0.2, 0) is 0 Å². The van der Waals surface area contributed by atoms with Crippen molar-refractivity contribution in [1.29, 1.82) is 0 Å². The van der Waals surface area contributed by atoms with E-state index in [0.717, 1.165) is 29.8 Å². The summed E-state index contributed by atoms with van der Waals surface area (Å²) in [4.78, 5) is 15.5. The number of amides is 1. The highest BCUT2D eigenvalue weighted by Crippen LogP contribution is 2.29. The van der Waals surface area contributed by atoms with Gasteiger partial charge < -0.3 is 14.5 Å². The summed E-state index contributed by atoms with van der Waals surface area (Å²) in [6.07, 6.45) is 4.89. The number of hydrogen-bond donors (Lipinski definition) is 1. The molecule has 1 aromatic heterocycles. The molecule has 2 aromatic carbocycles. The smallest absolute Gasteiger partial charge is 0.287 e. The highest BCUT2D eigenvalue weighted by Gasteiger charge is 2.24. The Labute approximate surface area is 188 Å². The highest BCUT2D eigenvalue weighted by molar-refractivity contribution is 6.31. The molecule has 1 aliphatic rings. The Kier molecular flexibility index (Phi) is 6.83. The summed E-state index contributed by atoms with van der Waals surface area (Å²) in [5, 5.41) is 4.62. The molecule has 1 N–H and O–H groups in total. The SMILES string of the molecule is COc1ccc(C(CNC(=O)c2oc3ccc(Cl)cc3c2C)N2CCCCCC2)cc1. The Morgan fingerprint density at radius 3 is 2.52 bits per heavy atom. The predicted molar refractivity (Wildman–Crippen MR) is 124 cm³/mol. The van der Waals surface area contributed by atoms with E-state index in [4.69, 9.17) is 20.8 Å². The van der Waals surface area contributed by atoms with Gasteiger partial charge in [0.25, 0.3) is 5.91 Å². The van der Waals surface area contributed by atoms with Crippen molar-refractivity contribution in [3.8, 4) is 5.75 Å². The number of furan rings is 1. The minimum atomic E-state index is -0.196. The molecule has 164 valence electrons. The molecule has 0 aliphatic carbocycles. The van der Waals surface area contributed by atoms with Gasteiger partial charge in [0.2, 0.25) is 0 Å². The number of rotatable bonds is 6. The molecule has 1 aliphatic heterocycles. The lowest BCUT2D eigenvalue weighted by atomic mass is 10.0. The third-order valence-electron chi connectivity index (χ3n) is 6.14. The Balaban J connectivity index is 1.55. The number of nitrogens with zero attached hydrogens (tertiary/aromatic N) is 1. The Morgan fingerprint density at radius 2 is 1.84 bits per heavy atom. The van der Waals surface area contributed by atoms with E-state index in [1.807, 2.05) is 25.1 Å². The zero-order valence-electron chi connectivity index (χ0n) is 18.1. The first-order valence-corrected chi connectivity index (χ1v) is 11.3. The lowest BCUT2D eigenvalue weighted by molar-refractivity contribution is 0.0907. The Morgan fingerprint density at radius 1 is 1.13 bits per heavy atom. The number of nitrogens with one attached hydrogen (secondary N) is 1. The van der Waals surface area contributed by atoms with Crippen molar-refractivity contribution in [3.63, 3.8) is 0 Å². The standard InChI is InChI=1S/C25H29ClN2O3/c1-17-21-15-19(26)9-12-23(21)31-24(17)25(29)27-16-22(28-13-5-3-4-6-14-28)18-7-10-20(30-2)11-8-18/h7-12,15,22H,3-6,13-14,16H2,1-2H3,(H,27,29). The van der Waals surface area contributed by atoms with Gasteiger partial charge in [-0.05, 0) is 68.8 Å². The van der Waals surface area contributed by atoms with Gasteiger partial charge in [-0.1, -0.05) is 36.6 Å². The monoisotopic (exact) mass is 440 g/mol. The van der Waals surface area contributed by atoms with E-state index in [1.165, 1.54) is 31.2 Å². The normalized spacial score (nSPS) is 16.1. The van der Waals surface area contributed by atoms with Crippen LogP contribution in [0, 0.1) is 6.92 Å². The summed E-state index contributed by atoms with van der Waals surface area (Å²) in [5.74, 6) is 0.985. The number of likely N-dealkylation sites (tertiary alicyclic amines) is 1. The molecule has 4 rings (SSSR count). The number of carbonyl (C=O) groups is 1. The molecule has 0 bridgehead atoms. The van der Waals surface area contributed by atoms with E-state index in [9.17, 15) is 4.79 Å². The van der Waals surface area contributed by atoms with Gasteiger partial charge in [-0.15, -0.1) is 0 Å². The van der Waals surface area contributed by atoms with E-state index < -0.39 is 0 Å². The molecule has 1 atom stereocenters. The number of carbonyl (C=O) groups excluding carboxylic acids is 1. The molecule has 6 heteroatoms. The molecule has 0 radical (unpaired) electrons. The van der Waals surface area contributed by atoms with Crippen LogP contribution in [0.2, 0.25) is 5.02 Å². The number of benzene rings is 2. The van der Waals surface area contributed by atoms with Crippen LogP contribution in [0.25, 0.3) is 11.0 Å². The second-order valence-electron chi connectivity index (χ2n) is 8.15. The first-order chi connectivity index (χ1) is 15.1. The van der Waals surface area contributed by atoms with Crippen LogP contribution in [0.15, 0.2) is 46.9 Å². The quantitative estimate of drug-likeness (QED) is 0.530. The van der Waals surface area contributed by atoms with Crippen LogP contribution in [0.5, 0.6) is 5.75 Å². The van der Waals surface area contributed by atoms with Gasteiger partial charge in [-0.25, -0.2) is 0 Å².